The number of carbonyl (C=O) groups is 1. The first-order valence-electron chi connectivity index (χ1n) is 8.66. The molecule has 0 N–H and O–H groups in total. The van der Waals surface area contributed by atoms with E-state index in [1.54, 1.807) is 35.4 Å². The van der Waals surface area contributed by atoms with Gasteiger partial charge in [-0.3, -0.25) is 4.79 Å². The van der Waals surface area contributed by atoms with Crippen molar-refractivity contribution in [3.63, 3.8) is 0 Å². The molecule has 28 heavy (non-hydrogen) atoms. The molecule has 142 valence electrons. The van der Waals surface area contributed by atoms with Crippen molar-refractivity contribution in [3.05, 3.63) is 59.4 Å². The van der Waals surface area contributed by atoms with Gasteiger partial charge in [0, 0.05) is 12.6 Å². The number of thiazole rings is 1. The number of carbonyl (C=O) groups excluding carboxylic acids is 1. The highest BCUT2D eigenvalue weighted by Crippen LogP contribution is 2.28. The lowest BCUT2D eigenvalue weighted by molar-refractivity contribution is -0.132. The van der Waals surface area contributed by atoms with Gasteiger partial charge < -0.3 is 4.90 Å². The molecule has 2 aromatic heterocycles. The molecule has 1 amide bonds. The molecule has 0 spiro atoms. The van der Waals surface area contributed by atoms with E-state index < -0.39 is 0 Å². The second-order valence-electron chi connectivity index (χ2n) is 6.35. The molecule has 4 aromatic rings. The van der Waals surface area contributed by atoms with Crippen LogP contribution in [-0.2, 0) is 11.3 Å². The van der Waals surface area contributed by atoms with E-state index in [9.17, 15) is 9.18 Å². The third kappa shape index (κ3) is 3.61. The lowest BCUT2D eigenvalue weighted by Crippen LogP contribution is -2.33. The predicted molar refractivity (Wildman–Crippen MR) is 104 cm³/mol. The molecule has 0 aliphatic heterocycles. The van der Waals surface area contributed by atoms with E-state index >= 15 is 0 Å². The number of fused-ring (bicyclic) bond motifs is 1. The Balaban J connectivity index is 1.46. The third-order valence-electron chi connectivity index (χ3n) is 4.47. The number of aromatic nitrogens is 5. The maximum Gasteiger partial charge on any atom is 0.246 e. The van der Waals surface area contributed by atoms with E-state index in [0.717, 1.165) is 15.2 Å². The van der Waals surface area contributed by atoms with Crippen LogP contribution in [0.5, 0.6) is 0 Å². The quantitative estimate of drug-likeness (QED) is 0.517. The zero-order valence-electron chi connectivity index (χ0n) is 15.3. The highest BCUT2D eigenvalue weighted by atomic mass is 32.1. The molecule has 0 radical (unpaired) electrons. The van der Waals surface area contributed by atoms with E-state index in [0.29, 0.717) is 11.4 Å². The molecular weight excluding hydrogens is 379 g/mol. The average Bonchev–Trinajstić information content (AvgIpc) is 3.34. The highest BCUT2D eigenvalue weighted by Gasteiger charge is 2.22. The Labute approximate surface area is 164 Å². The van der Waals surface area contributed by atoms with Crippen LogP contribution in [0.25, 0.3) is 21.6 Å². The number of tetrazole rings is 1. The molecular formula is C19H17FN6OS. The maximum absolute atomic E-state index is 13.0. The first kappa shape index (κ1) is 18.2. The second-order valence-corrected chi connectivity index (χ2v) is 7.41. The first-order chi connectivity index (χ1) is 13.5. The molecule has 0 saturated heterocycles. The smallest absolute Gasteiger partial charge is 0.246 e. The van der Waals surface area contributed by atoms with E-state index in [-0.39, 0.29) is 24.3 Å². The molecule has 0 aliphatic rings. The van der Waals surface area contributed by atoms with Crippen LogP contribution in [-0.4, -0.2) is 43.0 Å². The second kappa shape index (κ2) is 7.43. The summed E-state index contributed by atoms with van der Waals surface area (Å²) in [4.78, 5) is 20.1. The Morgan fingerprint density at radius 1 is 1.21 bits per heavy atom. The van der Waals surface area contributed by atoms with Gasteiger partial charge in [0.05, 0.1) is 16.3 Å². The largest absolute Gasteiger partial charge is 0.335 e. The molecule has 0 bridgehead atoms. The molecule has 7 nitrogen and oxygen atoms in total. The van der Waals surface area contributed by atoms with Gasteiger partial charge in [0.2, 0.25) is 11.7 Å². The Morgan fingerprint density at radius 3 is 2.71 bits per heavy atom. The zero-order chi connectivity index (χ0) is 19.7. The van der Waals surface area contributed by atoms with Crippen LogP contribution in [0.2, 0.25) is 0 Å². The van der Waals surface area contributed by atoms with Crippen molar-refractivity contribution in [2.45, 2.75) is 19.5 Å². The summed E-state index contributed by atoms with van der Waals surface area (Å²) in [6.07, 6.45) is 0. The van der Waals surface area contributed by atoms with Gasteiger partial charge in [-0.15, -0.1) is 21.5 Å². The van der Waals surface area contributed by atoms with Crippen LogP contribution in [0.4, 0.5) is 4.39 Å². The van der Waals surface area contributed by atoms with Crippen LogP contribution in [0, 0.1) is 5.82 Å². The fourth-order valence-corrected chi connectivity index (χ4v) is 3.77. The number of halogens is 1. The van der Waals surface area contributed by atoms with Gasteiger partial charge >= 0.3 is 0 Å². The summed E-state index contributed by atoms with van der Waals surface area (Å²) >= 11 is 1.57. The number of hydrogen-bond acceptors (Lipinski definition) is 6. The molecule has 4 rings (SSSR count). The summed E-state index contributed by atoms with van der Waals surface area (Å²) in [6.45, 7) is 1.90. The lowest BCUT2D eigenvalue weighted by Gasteiger charge is -2.22. The van der Waals surface area contributed by atoms with E-state index in [1.165, 1.54) is 16.9 Å². The van der Waals surface area contributed by atoms with Crippen molar-refractivity contribution >= 4 is 27.5 Å². The minimum absolute atomic E-state index is 0.0417. The summed E-state index contributed by atoms with van der Waals surface area (Å²) in [7, 11) is 1.73. The number of amides is 1. The number of hydrogen-bond donors (Lipinski definition) is 0. The van der Waals surface area contributed by atoms with Gasteiger partial charge in [0.15, 0.2) is 0 Å². The minimum atomic E-state index is -0.336. The summed E-state index contributed by atoms with van der Waals surface area (Å²) in [5.74, 6) is -0.152. The maximum atomic E-state index is 13.0. The molecule has 0 aliphatic carbocycles. The van der Waals surface area contributed by atoms with Gasteiger partial charge in [-0.05, 0) is 48.5 Å². The zero-order valence-corrected chi connectivity index (χ0v) is 16.1. The number of para-hydroxylation sites is 1. The van der Waals surface area contributed by atoms with Crippen molar-refractivity contribution in [2.24, 2.45) is 0 Å². The Hall–Kier alpha value is -3.20. The van der Waals surface area contributed by atoms with Crippen molar-refractivity contribution in [3.8, 4) is 11.4 Å². The van der Waals surface area contributed by atoms with Crippen molar-refractivity contribution in [1.82, 2.24) is 30.1 Å². The summed E-state index contributed by atoms with van der Waals surface area (Å²) in [5, 5.41) is 12.9. The van der Waals surface area contributed by atoms with Crippen LogP contribution in [0.3, 0.4) is 0 Å². The SMILES string of the molecule is C[C@@H](c1nc2ccccc2s1)N(C)C(=O)Cn1nnc(-c2ccc(F)cc2)n1. The van der Waals surface area contributed by atoms with Crippen molar-refractivity contribution in [1.29, 1.82) is 0 Å². The molecule has 1 atom stereocenters. The Morgan fingerprint density at radius 2 is 1.96 bits per heavy atom. The molecule has 0 saturated carbocycles. The Kier molecular flexibility index (Phi) is 4.82. The fourth-order valence-electron chi connectivity index (χ4n) is 2.71. The van der Waals surface area contributed by atoms with Crippen molar-refractivity contribution < 1.29 is 9.18 Å². The average molecular weight is 396 g/mol. The van der Waals surface area contributed by atoms with Crippen LogP contribution in [0.1, 0.15) is 18.0 Å². The third-order valence-corrected chi connectivity index (χ3v) is 5.68. The van der Waals surface area contributed by atoms with Gasteiger partial charge in [-0.2, -0.15) is 4.80 Å². The minimum Gasteiger partial charge on any atom is -0.335 e. The van der Waals surface area contributed by atoms with Crippen LogP contribution >= 0.6 is 11.3 Å². The molecule has 2 aromatic carbocycles. The van der Waals surface area contributed by atoms with Gasteiger partial charge in [0.1, 0.15) is 17.4 Å². The fraction of sp³-hybridized carbons (Fsp3) is 0.211. The monoisotopic (exact) mass is 396 g/mol. The molecule has 0 fully saturated rings. The summed E-state index contributed by atoms with van der Waals surface area (Å²) < 4.78 is 14.1. The molecule has 0 unspecified atom stereocenters. The van der Waals surface area contributed by atoms with Gasteiger partial charge in [-0.25, -0.2) is 9.37 Å². The molecule has 9 heteroatoms. The number of nitrogens with zero attached hydrogens (tertiary/aromatic N) is 6. The van der Waals surface area contributed by atoms with Crippen LogP contribution in [0.15, 0.2) is 48.5 Å². The first-order valence-corrected chi connectivity index (χ1v) is 9.48. The van der Waals surface area contributed by atoms with Gasteiger partial charge in [0.25, 0.3) is 0 Å². The van der Waals surface area contributed by atoms with E-state index in [2.05, 4.69) is 20.4 Å². The van der Waals surface area contributed by atoms with E-state index in [1.807, 2.05) is 31.2 Å². The predicted octanol–water partition coefficient (Wildman–Crippen LogP) is 3.31. The number of likely N-dealkylation sites (N-methyl/N-ethyl adjacent to an activating group) is 1. The number of benzene rings is 2. The van der Waals surface area contributed by atoms with E-state index in [4.69, 9.17) is 0 Å². The van der Waals surface area contributed by atoms with Crippen molar-refractivity contribution in [2.75, 3.05) is 7.05 Å². The lowest BCUT2D eigenvalue weighted by atomic mass is 10.2. The normalized spacial score (nSPS) is 12.2. The molecule has 2 heterocycles. The highest BCUT2D eigenvalue weighted by molar-refractivity contribution is 7.18. The topological polar surface area (TPSA) is 76.8 Å². The Bertz CT molecular complexity index is 1090. The summed E-state index contributed by atoms with van der Waals surface area (Å²) in [5.41, 5.74) is 1.56. The van der Waals surface area contributed by atoms with Crippen LogP contribution < -0.4 is 0 Å². The summed E-state index contributed by atoms with van der Waals surface area (Å²) in [6, 6.07) is 13.5. The standard InChI is InChI=1S/C19H17FN6OS/c1-12(19-21-15-5-3-4-6-16(15)28-19)25(2)17(27)11-26-23-18(22-24-26)13-7-9-14(20)10-8-13/h3-10,12H,11H2,1-2H3/t12-/m0/s1. The van der Waals surface area contributed by atoms with Gasteiger partial charge in [-0.1, -0.05) is 12.1 Å². The number of rotatable bonds is 5.